The number of carbonyl (C=O) groups excluding carboxylic acids is 3. The van der Waals surface area contributed by atoms with E-state index in [9.17, 15) is 14.4 Å². The number of methoxy groups -OCH3 is 1. The van der Waals surface area contributed by atoms with Crippen molar-refractivity contribution in [3.63, 3.8) is 0 Å². The van der Waals surface area contributed by atoms with E-state index in [-0.39, 0.29) is 12.5 Å². The molecule has 2 N–H and O–H groups in total. The molecule has 1 fully saturated rings. The van der Waals surface area contributed by atoms with E-state index < -0.39 is 17.5 Å². The van der Waals surface area contributed by atoms with Crippen LogP contribution in [0, 0.1) is 6.92 Å². The number of rotatable bonds is 5. The van der Waals surface area contributed by atoms with Gasteiger partial charge in [-0.3, -0.25) is 14.5 Å². The van der Waals surface area contributed by atoms with Gasteiger partial charge in [-0.25, -0.2) is 9.78 Å². The summed E-state index contributed by atoms with van der Waals surface area (Å²) in [6.45, 7) is 1.56. The number of fused-ring (bicyclic) bond motifs is 2. The first-order valence-corrected chi connectivity index (χ1v) is 11.9. The van der Waals surface area contributed by atoms with E-state index in [1.165, 1.54) is 11.3 Å². The number of hydrogen-bond acceptors (Lipinski definition) is 6. The molecule has 1 aromatic heterocycles. The van der Waals surface area contributed by atoms with Gasteiger partial charge in [-0.15, -0.1) is 11.3 Å². The number of nitrogens with zero attached hydrogens (tertiary/aromatic N) is 2. The molecular weight excluding hydrogens is 452 g/mol. The van der Waals surface area contributed by atoms with Crippen LogP contribution >= 0.6 is 11.3 Å². The molecule has 3 aromatic rings. The van der Waals surface area contributed by atoms with Crippen molar-refractivity contribution in [1.82, 2.24) is 15.2 Å². The summed E-state index contributed by atoms with van der Waals surface area (Å²) in [5, 5.41) is 6.03. The molecular formula is C25H24N4O4S. The predicted molar refractivity (Wildman–Crippen MR) is 129 cm³/mol. The summed E-state index contributed by atoms with van der Waals surface area (Å²) in [5.41, 5.74) is 2.45. The van der Waals surface area contributed by atoms with E-state index in [1.54, 1.807) is 7.11 Å². The maximum atomic E-state index is 13.4. The predicted octanol–water partition coefficient (Wildman–Crippen LogP) is 3.85. The number of benzene rings is 2. The minimum atomic E-state index is -1.09. The second-order valence-electron chi connectivity index (χ2n) is 8.44. The second-order valence-corrected chi connectivity index (χ2v) is 9.64. The van der Waals surface area contributed by atoms with Crippen LogP contribution in [-0.2, 0) is 21.5 Å². The van der Waals surface area contributed by atoms with Crippen molar-refractivity contribution in [2.24, 2.45) is 0 Å². The summed E-state index contributed by atoms with van der Waals surface area (Å²) < 4.78 is 5.20. The minimum Gasteiger partial charge on any atom is -0.497 e. The Bertz CT molecular complexity index is 1290. The van der Waals surface area contributed by atoms with Crippen molar-refractivity contribution in [3.05, 3.63) is 64.5 Å². The Kier molecular flexibility index (Phi) is 5.57. The monoisotopic (exact) mass is 476 g/mol. The number of amides is 4. The number of nitrogens with one attached hydrogen (secondary N) is 2. The van der Waals surface area contributed by atoms with Crippen molar-refractivity contribution in [1.29, 1.82) is 0 Å². The number of urea groups is 1. The first kappa shape index (κ1) is 22.1. The zero-order valence-corrected chi connectivity index (χ0v) is 19.7. The third-order valence-electron chi connectivity index (χ3n) is 6.36. The third-order valence-corrected chi connectivity index (χ3v) is 7.25. The van der Waals surface area contributed by atoms with Gasteiger partial charge in [0.15, 0.2) is 5.13 Å². The number of aryl methyl sites for hydroxylation is 2. The van der Waals surface area contributed by atoms with E-state index in [0.717, 1.165) is 50.8 Å². The molecule has 1 aliphatic carbocycles. The van der Waals surface area contributed by atoms with Gasteiger partial charge in [-0.1, -0.05) is 24.3 Å². The van der Waals surface area contributed by atoms with E-state index in [2.05, 4.69) is 15.6 Å². The maximum Gasteiger partial charge on any atom is 0.325 e. The Balaban J connectivity index is 1.31. The molecule has 1 aliphatic heterocycles. The molecule has 9 heteroatoms. The van der Waals surface area contributed by atoms with Gasteiger partial charge in [-0.05, 0) is 61.6 Å². The van der Waals surface area contributed by atoms with Gasteiger partial charge in [0.1, 0.15) is 17.8 Å². The normalized spacial score (nSPS) is 19.2. The van der Waals surface area contributed by atoms with Crippen LogP contribution in [0.3, 0.4) is 0 Å². The molecule has 2 heterocycles. The molecule has 1 spiro atoms. The Morgan fingerprint density at radius 1 is 1.21 bits per heavy atom. The van der Waals surface area contributed by atoms with Gasteiger partial charge in [0, 0.05) is 10.4 Å². The van der Waals surface area contributed by atoms with E-state index in [0.29, 0.717) is 11.6 Å². The van der Waals surface area contributed by atoms with Crippen molar-refractivity contribution < 1.29 is 19.1 Å². The van der Waals surface area contributed by atoms with Gasteiger partial charge >= 0.3 is 6.03 Å². The lowest BCUT2D eigenvalue weighted by atomic mass is 9.76. The van der Waals surface area contributed by atoms with Crippen LogP contribution in [0.2, 0.25) is 0 Å². The highest BCUT2D eigenvalue weighted by Gasteiger charge is 2.54. The molecule has 4 amide bonds. The third kappa shape index (κ3) is 3.71. The van der Waals surface area contributed by atoms with Gasteiger partial charge in [0.05, 0.1) is 12.8 Å². The summed E-state index contributed by atoms with van der Waals surface area (Å²) in [5.74, 6) is -0.106. The highest BCUT2D eigenvalue weighted by Crippen LogP contribution is 2.40. The zero-order chi connectivity index (χ0) is 23.9. The van der Waals surface area contributed by atoms with Crippen LogP contribution in [0.4, 0.5) is 9.93 Å². The maximum absolute atomic E-state index is 13.4. The van der Waals surface area contributed by atoms with Gasteiger partial charge < -0.3 is 15.4 Å². The van der Waals surface area contributed by atoms with Crippen molar-refractivity contribution >= 4 is 34.3 Å². The van der Waals surface area contributed by atoms with Crippen molar-refractivity contribution in [2.45, 2.75) is 31.7 Å². The average Bonchev–Trinajstić information content (AvgIpc) is 3.31. The van der Waals surface area contributed by atoms with E-state index >= 15 is 0 Å². The van der Waals surface area contributed by atoms with Crippen LogP contribution in [0.15, 0.2) is 48.5 Å². The van der Waals surface area contributed by atoms with Crippen LogP contribution in [0.1, 0.15) is 28.8 Å². The fourth-order valence-corrected chi connectivity index (χ4v) is 5.58. The summed E-state index contributed by atoms with van der Waals surface area (Å²) in [7, 11) is 1.61. The van der Waals surface area contributed by atoms with E-state index in [4.69, 9.17) is 4.74 Å². The first-order valence-electron chi connectivity index (χ1n) is 11.1. The van der Waals surface area contributed by atoms with Crippen LogP contribution in [0.5, 0.6) is 5.75 Å². The highest BCUT2D eigenvalue weighted by molar-refractivity contribution is 7.16. The summed E-state index contributed by atoms with van der Waals surface area (Å²) in [6, 6.07) is 14.6. The smallest absolute Gasteiger partial charge is 0.325 e. The number of thiazole rings is 1. The number of carbonyl (C=O) groups is 3. The first-order chi connectivity index (χ1) is 16.4. The van der Waals surface area contributed by atoms with Crippen molar-refractivity contribution in [2.75, 3.05) is 19.0 Å². The number of anilines is 1. The SMILES string of the molecule is COc1ccc(-c2nc(NC(=O)CN3C(=O)N[C@@]4(CCCc5ccccc54)C3=O)sc2C)cc1. The molecule has 8 nitrogen and oxygen atoms in total. The molecule has 0 saturated carbocycles. The van der Waals surface area contributed by atoms with Crippen LogP contribution < -0.4 is 15.4 Å². The molecule has 1 atom stereocenters. The molecule has 1 saturated heterocycles. The fourth-order valence-electron chi connectivity index (χ4n) is 4.72. The molecule has 0 unspecified atom stereocenters. The van der Waals surface area contributed by atoms with Gasteiger partial charge in [-0.2, -0.15) is 0 Å². The molecule has 34 heavy (non-hydrogen) atoms. The van der Waals surface area contributed by atoms with E-state index in [1.807, 2.05) is 55.5 Å². The quantitative estimate of drug-likeness (QED) is 0.545. The molecule has 2 aromatic carbocycles. The Morgan fingerprint density at radius 2 is 1.97 bits per heavy atom. The Hall–Kier alpha value is -3.72. The molecule has 0 bridgehead atoms. The molecule has 0 radical (unpaired) electrons. The van der Waals surface area contributed by atoms with Gasteiger partial charge in [0.2, 0.25) is 5.91 Å². The number of aromatic nitrogens is 1. The topological polar surface area (TPSA) is 101 Å². The minimum absolute atomic E-state index is 0.370. The van der Waals surface area contributed by atoms with Gasteiger partial charge in [0.25, 0.3) is 5.91 Å². The lowest BCUT2D eigenvalue weighted by Gasteiger charge is -2.33. The Labute approximate surface area is 201 Å². The summed E-state index contributed by atoms with van der Waals surface area (Å²) >= 11 is 1.34. The largest absolute Gasteiger partial charge is 0.497 e. The standard InChI is InChI=1S/C25H24N4O4S/c1-15-21(17-9-11-18(33-2)12-10-17)27-23(34-15)26-20(30)14-29-22(31)25(28-24(29)32)13-5-7-16-6-3-4-8-19(16)25/h3-4,6,8-12H,5,7,13-14H2,1-2H3,(H,28,32)(H,26,27,30)/t25-/m1/s1. The molecule has 5 rings (SSSR count). The number of hydrogen-bond donors (Lipinski definition) is 2. The average molecular weight is 477 g/mol. The van der Waals surface area contributed by atoms with Crippen LogP contribution in [0.25, 0.3) is 11.3 Å². The Morgan fingerprint density at radius 3 is 2.74 bits per heavy atom. The number of ether oxygens (including phenoxy) is 1. The van der Waals surface area contributed by atoms with Crippen LogP contribution in [-0.4, -0.2) is 41.4 Å². The second kappa shape index (κ2) is 8.57. The molecule has 174 valence electrons. The summed E-state index contributed by atoms with van der Waals surface area (Å²) in [6.07, 6.45) is 2.17. The van der Waals surface area contributed by atoms with Crippen molar-refractivity contribution in [3.8, 4) is 17.0 Å². The molecule has 2 aliphatic rings. The highest BCUT2D eigenvalue weighted by atomic mass is 32.1. The zero-order valence-electron chi connectivity index (χ0n) is 18.9. The lowest BCUT2D eigenvalue weighted by molar-refractivity contribution is -0.134. The number of imide groups is 1. The fraction of sp³-hybridized carbons (Fsp3) is 0.280. The summed E-state index contributed by atoms with van der Waals surface area (Å²) in [4.78, 5) is 45.4. The lowest BCUT2D eigenvalue weighted by Crippen LogP contribution is -2.47.